The third-order valence-corrected chi connectivity index (χ3v) is 4.60. The van der Waals surface area contributed by atoms with Gasteiger partial charge in [0.1, 0.15) is 18.8 Å². The van der Waals surface area contributed by atoms with Crippen molar-refractivity contribution in [2.75, 3.05) is 13.1 Å². The molecule has 2 aromatic rings. The number of cyclic esters (lactones) is 1. The van der Waals surface area contributed by atoms with Crippen LogP contribution in [0.3, 0.4) is 0 Å². The summed E-state index contributed by atoms with van der Waals surface area (Å²) < 4.78 is 6.69. The van der Waals surface area contributed by atoms with Gasteiger partial charge in [-0.1, -0.05) is 6.07 Å². The van der Waals surface area contributed by atoms with Crippen molar-refractivity contribution in [3.63, 3.8) is 0 Å². The van der Waals surface area contributed by atoms with Crippen LogP contribution >= 0.6 is 0 Å². The van der Waals surface area contributed by atoms with Crippen LogP contribution in [0.4, 0.5) is 0 Å². The van der Waals surface area contributed by atoms with E-state index in [2.05, 4.69) is 10.3 Å². The lowest BCUT2D eigenvalue weighted by atomic mass is 9.97. The average molecular weight is 365 g/mol. The van der Waals surface area contributed by atoms with Crippen molar-refractivity contribution >= 4 is 17.5 Å². The van der Waals surface area contributed by atoms with Gasteiger partial charge >= 0.3 is 5.97 Å². The molecule has 7 nitrogen and oxygen atoms in total. The number of aromatic nitrogens is 2. The second-order valence-corrected chi connectivity index (χ2v) is 6.54. The van der Waals surface area contributed by atoms with Crippen molar-refractivity contribution < 1.29 is 9.53 Å². The van der Waals surface area contributed by atoms with Crippen molar-refractivity contribution in [1.29, 1.82) is 10.8 Å². The predicted molar refractivity (Wildman–Crippen MR) is 104 cm³/mol. The number of esters is 1. The van der Waals surface area contributed by atoms with E-state index in [1.54, 1.807) is 29.2 Å². The monoisotopic (exact) mass is 365 g/mol. The largest absolute Gasteiger partial charge is 0.457 e. The third-order valence-electron chi connectivity index (χ3n) is 4.60. The van der Waals surface area contributed by atoms with Gasteiger partial charge in [-0.05, 0) is 56.2 Å². The molecule has 0 unspecified atom stereocenters. The Hall–Kier alpha value is -3.06. The van der Waals surface area contributed by atoms with Crippen LogP contribution in [0.25, 0.3) is 0 Å². The van der Waals surface area contributed by atoms with Gasteiger partial charge < -0.3 is 15.5 Å². The minimum absolute atomic E-state index is 0.241. The number of allylic oxidation sites excluding steroid dienone is 1. The van der Waals surface area contributed by atoms with Crippen LogP contribution in [0.15, 0.2) is 36.8 Å². The number of hydrogen-bond acceptors (Lipinski definition) is 6. The van der Waals surface area contributed by atoms with Gasteiger partial charge in [-0.2, -0.15) is 0 Å². The van der Waals surface area contributed by atoms with E-state index in [0.29, 0.717) is 24.4 Å². The molecule has 0 amide bonds. The van der Waals surface area contributed by atoms with Gasteiger partial charge in [0.15, 0.2) is 0 Å². The summed E-state index contributed by atoms with van der Waals surface area (Å²) in [6, 6.07) is 3.81. The Kier molecular flexibility index (Phi) is 5.61. The third kappa shape index (κ3) is 4.38. The lowest BCUT2D eigenvalue weighted by Gasteiger charge is -2.10. The molecule has 1 aliphatic heterocycles. The first-order valence-corrected chi connectivity index (χ1v) is 8.80. The Morgan fingerprint density at radius 2 is 2.15 bits per heavy atom. The van der Waals surface area contributed by atoms with E-state index in [4.69, 9.17) is 15.6 Å². The van der Waals surface area contributed by atoms with Crippen molar-refractivity contribution in [3.8, 4) is 0 Å². The molecular weight excluding hydrogens is 342 g/mol. The van der Waals surface area contributed by atoms with Crippen LogP contribution in [-0.4, -0.2) is 40.2 Å². The number of aryl methyl sites for hydroxylation is 1. The maximum Gasteiger partial charge on any atom is 0.338 e. The van der Waals surface area contributed by atoms with Crippen LogP contribution in [-0.2, 0) is 17.8 Å². The van der Waals surface area contributed by atoms with Gasteiger partial charge in [0.25, 0.3) is 0 Å². The maximum atomic E-state index is 11.6. The van der Waals surface area contributed by atoms with E-state index in [1.807, 2.05) is 26.0 Å². The number of ether oxygens (including phenoxy) is 1. The molecule has 0 saturated heterocycles. The molecule has 0 atom stereocenters. The summed E-state index contributed by atoms with van der Waals surface area (Å²) in [5, 5.41) is 19.2. The number of hydrogen-bond donors (Lipinski definition) is 3. The van der Waals surface area contributed by atoms with Crippen LogP contribution in [0.1, 0.15) is 32.7 Å². The van der Waals surface area contributed by atoms with Crippen LogP contribution in [0, 0.1) is 24.7 Å². The molecule has 1 aliphatic rings. The summed E-state index contributed by atoms with van der Waals surface area (Å²) in [4.78, 5) is 15.7. The number of imidazole rings is 1. The zero-order chi connectivity index (χ0) is 19.4. The first-order chi connectivity index (χ1) is 13.0. The summed E-state index contributed by atoms with van der Waals surface area (Å²) in [5.74, 6) is 0.0281. The fourth-order valence-corrected chi connectivity index (χ4v) is 2.99. The Balaban J connectivity index is 1.45. The molecule has 0 saturated carbocycles. The number of nitrogens with zero attached hydrogens (tertiary/aromatic N) is 2. The zero-order valence-electron chi connectivity index (χ0n) is 15.5. The number of fused-ring (bicyclic) bond motifs is 1. The second-order valence-electron chi connectivity index (χ2n) is 6.54. The standard InChI is InChI=1S/C20H23N5O2/c1-13-10-25(12-24-13)19(22)6-4-16(21)9-23-8-7-15-3-5-17-18(14(15)2)11-27-20(17)26/h3-6,10,12,21-23H,7-9,11H2,1-2H3/b6-4-,21-16?,22-19?. The van der Waals surface area contributed by atoms with E-state index >= 15 is 0 Å². The number of carbonyl (C=O) groups excluding carboxylic acids is 1. The lowest BCUT2D eigenvalue weighted by Crippen LogP contribution is -2.24. The Bertz CT molecular complexity index is 926. The highest BCUT2D eigenvalue weighted by Crippen LogP contribution is 2.25. The minimum Gasteiger partial charge on any atom is -0.457 e. The van der Waals surface area contributed by atoms with Gasteiger partial charge in [0.2, 0.25) is 0 Å². The molecule has 7 heteroatoms. The van der Waals surface area contributed by atoms with Gasteiger partial charge in [-0.15, -0.1) is 0 Å². The van der Waals surface area contributed by atoms with E-state index in [9.17, 15) is 4.79 Å². The number of benzene rings is 1. The molecule has 1 aromatic heterocycles. The molecule has 0 bridgehead atoms. The van der Waals surface area contributed by atoms with Crippen molar-refractivity contribution in [1.82, 2.24) is 14.9 Å². The Morgan fingerprint density at radius 3 is 2.89 bits per heavy atom. The van der Waals surface area contributed by atoms with Crippen LogP contribution in [0.2, 0.25) is 0 Å². The van der Waals surface area contributed by atoms with Gasteiger partial charge in [-0.25, -0.2) is 9.78 Å². The van der Waals surface area contributed by atoms with Crippen LogP contribution < -0.4 is 5.32 Å². The predicted octanol–water partition coefficient (Wildman–Crippen LogP) is 2.40. The molecule has 0 aliphatic carbocycles. The summed E-state index contributed by atoms with van der Waals surface area (Å²) in [6.45, 7) is 5.40. The molecule has 27 heavy (non-hydrogen) atoms. The number of rotatable bonds is 7. The summed E-state index contributed by atoms with van der Waals surface area (Å²) in [5.41, 5.74) is 5.20. The quantitative estimate of drug-likeness (QED) is 0.303. The number of carbonyl (C=O) groups is 1. The molecule has 0 radical (unpaired) electrons. The normalized spacial score (nSPS) is 13.0. The summed E-state index contributed by atoms with van der Waals surface area (Å²) >= 11 is 0. The van der Waals surface area contributed by atoms with Gasteiger partial charge in [0.05, 0.1) is 11.3 Å². The van der Waals surface area contributed by atoms with Gasteiger partial charge in [0, 0.05) is 24.0 Å². The smallest absolute Gasteiger partial charge is 0.338 e. The second kappa shape index (κ2) is 8.09. The fraction of sp³-hybridized carbons (Fsp3) is 0.300. The SMILES string of the molecule is Cc1cn(C(=N)/C=C\C(=N)CNCCc2ccc3c(c2C)COC3=O)cn1. The molecule has 140 valence electrons. The molecule has 2 heterocycles. The minimum atomic E-state index is -0.241. The van der Waals surface area contributed by atoms with E-state index in [0.717, 1.165) is 29.8 Å². The highest BCUT2D eigenvalue weighted by Gasteiger charge is 2.23. The van der Waals surface area contributed by atoms with E-state index < -0.39 is 0 Å². The maximum absolute atomic E-state index is 11.6. The fourth-order valence-electron chi connectivity index (χ4n) is 2.99. The Morgan fingerprint density at radius 1 is 1.33 bits per heavy atom. The van der Waals surface area contributed by atoms with Crippen molar-refractivity contribution in [2.45, 2.75) is 26.9 Å². The Labute approximate surface area is 158 Å². The van der Waals surface area contributed by atoms with Crippen LogP contribution in [0.5, 0.6) is 0 Å². The zero-order valence-corrected chi connectivity index (χ0v) is 15.5. The lowest BCUT2D eigenvalue weighted by molar-refractivity contribution is 0.0535. The topological polar surface area (TPSA) is 104 Å². The molecule has 1 aromatic carbocycles. The highest BCUT2D eigenvalue weighted by atomic mass is 16.5. The first kappa shape index (κ1) is 18.7. The first-order valence-electron chi connectivity index (χ1n) is 8.80. The molecule has 0 fully saturated rings. The molecule has 0 spiro atoms. The van der Waals surface area contributed by atoms with Gasteiger partial charge in [-0.3, -0.25) is 9.98 Å². The summed E-state index contributed by atoms with van der Waals surface area (Å²) in [7, 11) is 0. The van der Waals surface area contributed by atoms with E-state index in [-0.39, 0.29) is 11.8 Å². The average Bonchev–Trinajstić information content (AvgIpc) is 3.25. The highest BCUT2D eigenvalue weighted by molar-refractivity contribution is 6.01. The van der Waals surface area contributed by atoms with Crippen molar-refractivity contribution in [2.24, 2.45) is 0 Å². The molecule has 3 N–H and O–H groups in total. The van der Waals surface area contributed by atoms with E-state index in [1.165, 1.54) is 5.56 Å². The number of nitrogens with one attached hydrogen (secondary N) is 3. The molecular formula is C20H23N5O2. The van der Waals surface area contributed by atoms with Crippen molar-refractivity contribution in [3.05, 3.63) is 64.8 Å². The molecule has 3 rings (SSSR count). The summed E-state index contributed by atoms with van der Waals surface area (Å²) in [6.07, 6.45) is 7.38.